The first-order chi connectivity index (χ1) is 16.7. The summed E-state index contributed by atoms with van der Waals surface area (Å²) in [5.74, 6) is 1.29. The van der Waals surface area contributed by atoms with Crippen LogP contribution in [0.5, 0.6) is 11.5 Å². The molecule has 0 saturated carbocycles. The van der Waals surface area contributed by atoms with Gasteiger partial charge in [0.25, 0.3) is 0 Å². The number of fused-ring (bicyclic) bond motifs is 1. The minimum atomic E-state index is -0.438. The lowest BCUT2D eigenvalue weighted by atomic mass is 10.2. The fourth-order valence-electron chi connectivity index (χ4n) is 3.84. The van der Waals surface area contributed by atoms with Gasteiger partial charge in [0.05, 0.1) is 12.8 Å². The Morgan fingerprint density at radius 2 is 1.76 bits per heavy atom. The summed E-state index contributed by atoms with van der Waals surface area (Å²) in [7, 11) is 1.63. The average molecular weight is 455 g/mol. The number of rotatable bonds is 8. The van der Waals surface area contributed by atoms with Crippen LogP contribution in [0.3, 0.4) is 0 Å². The van der Waals surface area contributed by atoms with Crippen LogP contribution < -0.4 is 9.47 Å². The van der Waals surface area contributed by atoms with Gasteiger partial charge in [-0.1, -0.05) is 30.3 Å². The van der Waals surface area contributed by atoms with Crippen LogP contribution in [0.1, 0.15) is 17.1 Å². The van der Waals surface area contributed by atoms with Crippen LogP contribution in [0.2, 0.25) is 0 Å². The van der Waals surface area contributed by atoms with Crippen LogP contribution >= 0.6 is 0 Å². The highest BCUT2D eigenvalue weighted by Gasteiger charge is 2.16. The SMILES string of the molecule is COc1ccnc(CCc2nc3cccnc3n2-c2ccc(OCc3ccccc3)c(F)c2)c1. The molecular weight excluding hydrogens is 431 g/mol. The molecule has 0 aliphatic carbocycles. The molecular formula is C27H23FN4O2. The van der Waals surface area contributed by atoms with E-state index in [1.165, 1.54) is 6.07 Å². The number of hydrogen-bond acceptors (Lipinski definition) is 5. The van der Waals surface area contributed by atoms with E-state index in [0.717, 1.165) is 28.3 Å². The van der Waals surface area contributed by atoms with Gasteiger partial charge in [0, 0.05) is 36.6 Å². The Morgan fingerprint density at radius 3 is 2.59 bits per heavy atom. The predicted molar refractivity (Wildman–Crippen MR) is 128 cm³/mol. The van der Waals surface area contributed by atoms with Crippen molar-refractivity contribution in [3.63, 3.8) is 0 Å². The van der Waals surface area contributed by atoms with Crippen molar-refractivity contribution in [3.8, 4) is 17.2 Å². The normalized spacial score (nSPS) is 11.0. The number of methoxy groups -OCH3 is 1. The molecule has 7 heteroatoms. The molecule has 6 nitrogen and oxygen atoms in total. The largest absolute Gasteiger partial charge is 0.497 e. The lowest BCUT2D eigenvalue weighted by molar-refractivity contribution is 0.290. The predicted octanol–water partition coefficient (Wildman–Crippen LogP) is 5.33. The van der Waals surface area contributed by atoms with Crippen molar-refractivity contribution in [1.29, 1.82) is 0 Å². The minimum absolute atomic E-state index is 0.201. The van der Waals surface area contributed by atoms with Crippen molar-refractivity contribution in [2.24, 2.45) is 0 Å². The third-order valence-electron chi connectivity index (χ3n) is 5.52. The molecule has 5 rings (SSSR count). The monoisotopic (exact) mass is 454 g/mol. The highest BCUT2D eigenvalue weighted by atomic mass is 19.1. The molecule has 3 aromatic heterocycles. The van der Waals surface area contributed by atoms with Gasteiger partial charge in [0.2, 0.25) is 0 Å². The number of imidazole rings is 1. The first-order valence-electron chi connectivity index (χ1n) is 11.0. The molecule has 34 heavy (non-hydrogen) atoms. The lowest BCUT2D eigenvalue weighted by Gasteiger charge is -2.12. The van der Waals surface area contributed by atoms with E-state index in [0.29, 0.717) is 30.8 Å². The lowest BCUT2D eigenvalue weighted by Crippen LogP contribution is -2.06. The Morgan fingerprint density at radius 1 is 0.882 bits per heavy atom. The zero-order valence-corrected chi connectivity index (χ0v) is 18.7. The van der Waals surface area contributed by atoms with Gasteiger partial charge >= 0.3 is 0 Å². The number of ether oxygens (including phenoxy) is 2. The van der Waals surface area contributed by atoms with Gasteiger partial charge in [-0.15, -0.1) is 0 Å². The summed E-state index contributed by atoms with van der Waals surface area (Å²) in [5.41, 5.74) is 3.93. The van der Waals surface area contributed by atoms with Crippen LogP contribution in [-0.2, 0) is 19.4 Å². The summed E-state index contributed by atoms with van der Waals surface area (Å²) in [6, 6.07) is 22.1. The third-order valence-corrected chi connectivity index (χ3v) is 5.52. The Labute approximate surface area is 196 Å². The molecule has 5 aromatic rings. The van der Waals surface area contributed by atoms with Gasteiger partial charge in [-0.05, 0) is 42.3 Å². The number of aryl methyl sites for hydroxylation is 2. The quantitative estimate of drug-likeness (QED) is 0.317. The van der Waals surface area contributed by atoms with Crippen LogP contribution in [0.4, 0.5) is 4.39 Å². The molecule has 0 spiro atoms. The summed E-state index contributed by atoms with van der Waals surface area (Å²) in [6.07, 6.45) is 4.69. The Kier molecular flexibility index (Phi) is 6.16. The molecule has 0 aliphatic heterocycles. The fourth-order valence-corrected chi connectivity index (χ4v) is 3.84. The smallest absolute Gasteiger partial charge is 0.167 e. The van der Waals surface area contributed by atoms with Gasteiger partial charge in [-0.25, -0.2) is 14.4 Å². The molecule has 2 aromatic carbocycles. The van der Waals surface area contributed by atoms with Crippen molar-refractivity contribution in [2.45, 2.75) is 19.4 Å². The second-order valence-corrected chi connectivity index (χ2v) is 7.79. The van der Waals surface area contributed by atoms with Crippen LogP contribution in [0.15, 0.2) is 85.2 Å². The van der Waals surface area contributed by atoms with E-state index < -0.39 is 5.82 Å². The molecule has 170 valence electrons. The van der Waals surface area contributed by atoms with Gasteiger partial charge in [-0.2, -0.15) is 0 Å². The number of halogens is 1. The van der Waals surface area contributed by atoms with E-state index >= 15 is 4.39 Å². The van der Waals surface area contributed by atoms with Crippen molar-refractivity contribution < 1.29 is 13.9 Å². The first kappa shape index (κ1) is 21.6. The molecule has 0 aliphatic rings. The standard InChI is InChI=1S/C27H23FN4O2/c1-33-22-13-15-29-20(16-22)9-12-26-31-24-8-5-14-30-27(24)32(26)21-10-11-25(23(28)17-21)34-18-19-6-3-2-4-7-19/h2-8,10-11,13-17H,9,12,18H2,1H3. The summed E-state index contributed by atoms with van der Waals surface area (Å²) < 4.78 is 27.9. The molecule has 0 amide bonds. The molecule has 0 saturated heterocycles. The molecule has 0 radical (unpaired) electrons. The van der Waals surface area contributed by atoms with Crippen LogP contribution in [-0.4, -0.2) is 26.6 Å². The molecule has 0 fully saturated rings. The van der Waals surface area contributed by atoms with Crippen molar-refractivity contribution >= 4 is 11.2 Å². The van der Waals surface area contributed by atoms with Crippen molar-refractivity contribution in [1.82, 2.24) is 19.5 Å². The maximum atomic E-state index is 15.0. The van der Waals surface area contributed by atoms with E-state index in [9.17, 15) is 0 Å². The van der Waals surface area contributed by atoms with Gasteiger partial charge in [-0.3, -0.25) is 9.55 Å². The van der Waals surface area contributed by atoms with Gasteiger partial charge < -0.3 is 9.47 Å². The highest BCUT2D eigenvalue weighted by molar-refractivity contribution is 5.74. The summed E-state index contributed by atoms with van der Waals surface area (Å²) >= 11 is 0. The maximum Gasteiger partial charge on any atom is 0.167 e. The van der Waals surface area contributed by atoms with E-state index in [1.807, 2.05) is 65.2 Å². The first-order valence-corrected chi connectivity index (χ1v) is 11.0. The second kappa shape index (κ2) is 9.70. The number of aromatic nitrogens is 4. The van der Waals surface area contributed by atoms with Gasteiger partial charge in [0.1, 0.15) is 23.7 Å². The highest BCUT2D eigenvalue weighted by Crippen LogP contribution is 2.26. The van der Waals surface area contributed by atoms with E-state index in [1.54, 1.807) is 25.6 Å². The van der Waals surface area contributed by atoms with Crippen LogP contribution in [0, 0.1) is 5.82 Å². The Hall–Kier alpha value is -4.26. The van der Waals surface area contributed by atoms with Crippen molar-refractivity contribution in [3.05, 3.63) is 108 Å². The Balaban J connectivity index is 1.43. The van der Waals surface area contributed by atoms with Crippen molar-refractivity contribution in [2.75, 3.05) is 7.11 Å². The average Bonchev–Trinajstić information content (AvgIpc) is 3.26. The zero-order chi connectivity index (χ0) is 23.3. The molecule has 0 bridgehead atoms. The molecule has 3 heterocycles. The van der Waals surface area contributed by atoms with E-state index in [-0.39, 0.29) is 5.75 Å². The number of benzene rings is 2. The molecule has 0 unspecified atom stereocenters. The summed E-state index contributed by atoms with van der Waals surface area (Å²) in [5, 5.41) is 0. The zero-order valence-electron chi connectivity index (χ0n) is 18.7. The van der Waals surface area contributed by atoms with Gasteiger partial charge in [0.15, 0.2) is 17.2 Å². The van der Waals surface area contributed by atoms with E-state index in [4.69, 9.17) is 14.5 Å². The number of pyridine rings is 2. The van der Waals surface area contributed by atoms with E-state index in [2.05, 4.69) is 9.97 Å². The summed E-state index contributed by atoms with van der Waals surface area (Å²) in [6.45, 7) is 0.297. The number of hydrogen-bond donors (Lipinski definition) is 0. The minimum Gasteiger partial charge on any atom is -0.497 e. The second-order valence-electron chi connectivity index (χ2n) is 7.79. The fraction of sp³-hybridized carbons (Fsp3) is 0.148. The number of nitrogens with zero attached hydrogens (tertiary/aromatic N) is 4. The topological polar surface area (TPSA) is 62.1 Å². The Bertz CT molecular complexity index is 1420. The summed E-state index contributed by atoms with van der Waals surface area (Å²) in [4.78, 5) is 13.7. The molecule has 0 N–H and O–H groups in total. The van der Waals surface area contributed by atoms with Crippen LogP contribution in [0.25, 0.3) is 16.9 Å². The molecule has 0 atom stereocenters. The maximum absolute atomic E-state index is 15.0. The third kappa shape index (κ3) is 4.59.